The van der Waals surface area contributed by atoms with Crippen molar-refractivity contribution in [3.63, 3.8) is 0 Å². The summed E-state index contributed by atoms with van der Waals surface area (Å²) in [5.41, 5.74) is 9.44. The van der Waals surface area contributed by atoms with Crippen molar-refractivity contribution in [1.82, 2.24) is 10.3 Å². The van der Waals surface area contributed by atoms with E-state index in [2.05, 4.69) is 52.0 Å². The van der Waals surface area contributed by atoms with Crippen molar-refractivity contribution < 1.29 is 23.8 Å². The van der Waals surface area contributed by atoms with Crippen LogP contribution < -0.4 is 30.7 Å². The molecular formula is C30H33N5O5. The molecule has 10 nitrogen and oxygen atoms in total. The average Bonchev–Trinajstić information content (AvgIpc) is 3.55. The van der Waals surface area contributed by atoms with Gasteiger partial charge in [0.25, 0.3) is 5.91 Å². The van der Waals surface area contributed by atoms with E-state index in [1.54, 1.807) is 12.1 Å². The van der Waals surface area contributed by atoms with E-state index in [0.717, 1.165) is 41.7 Å². The quantitative estimate of drug-likeness (QED) is 0.348. The Balaban J connectivity index is 0.997. The third kappa shape index (κ3) is 6.03. The fourth-order valence-electron chi connectivity index (χ4n) is 5.34. The Morgan fingerprint density at radius 1 is 1.07 bits per heavy atom. The van der Waals surface area contributed by atoms with E-state index in [9.17, 15) is 9.59 Å². The van der Waals surface area contributed by atoms with Crippen LogP contribution in [0.4, 0.5) is 16.4 Å². The summed E-state index contributed by atoms with van der Waals surface area (Å²) in [4.78, 5) is 29.9. The molecule has 6 rings (SSSR count). The minimum absolute atomic E-state index is 0.0440. The lowest BCUT2D eigenvalue weighted by Crippen LogP contribution is -2.29. The third-order valence-corrected chi connectivity index (χ3v) is 7.41. The average molecular weight is 544 g/mol. The summed E-state index contributed by atoms with van der Waals surface area (Å²) in [6.07, 6.45) is 3.08. The lowest BCUT2D eigenvalue weighted by molar-refractivity contribution is -0.118. The molecule has 0 radical (unpaired) electrons. The number of ether oxygens (including phenoxy) is 3. The zero-order chi connectivity index (χ0) is 27.5. The zero-order valence-corrected chi connectivity index (χ0v) is 22.2. The van der Waals surface area contributed by atoms with Gasteiger partial charge in [-0.2, -0.15) is 0 Å². The fraction of sp³-hybridized carbons (Fsp3) is 0.367. The maximum absolute atomic E-state index is 12.5. The van der Waals surface area contributed by atoms with Gasteiger partial charge < -0.3 is 30.6 Å². The highest BCUT2D eigenvalue weighted by molar-refractivity contribution is 5.95. The van der Waals surface area contributed by atoms with Gasteiger partial charge in [-0.25, -0.2) is 9.78 Å². The topological polar surface area (TPSA) is 128 Å². The molecule has 3 aliphatic rings. The van der Waals surface area contributed by atoms with E-state index < -0.39 is 6.09 Å². The van der Waals surface area contributed by atoms with Crippen LogP contribution in [0.3, 0.4) is 0 Å². The van der Waals surface area contributed by atoms with E-state index in [1.807, 2.05) is 12.1 Å². The molecule has 4 N–H and O–H groups in total. The Hall–Kier alpha value is -4.15. The summed E-state index contributed by atoms with van der Waals surface area (Å²) in [7, 11) is 0. The minimum Gasteiger partial charge on any atom is -0.490 e. The summed E-state index contributed by atoms with van der Waals surface area (Å²) >= 11 is 0. The van der Waals surface area contributed by atoms with Gasteiger partial charge in [0.1, 0.15) is 23.8 Å². The van der Waals surface area contributed by atoms with Crippen molar-refractivity contribution in [3.05, 3.63) is 66.2 Å². The van der Waals surface area contributed by atoms with Gasteiger partial charge in [-0.1, -0.05) is 30.3 Å². The van der Waals surface area contributed by atoms with Gasteiger partial charge in [-0.15, -0.1) is 0 Å². The number of fused-ring (bicyclic) bond motifs is 1. The van der Waals surface area contributed by atoms with Crippen molar-refractivity contribution in [2.24, 2.45) is 5.73 Å². The number of carbonyl (C=O) groups is 2. The highest BCUT2D eigenvalue weighted by Gasteiger charge is 2.33. The van der Waals surface area contributed by atoms with Crippen LogP contribution in [0.15, 0.2) is 60.7 Å². The summed E-state index contributed by atoms with van der Waals surface area (Å²) < 4.78 is 17.1. The molecule has 2 aromatic carbocycles. The van der Waals surface area contributed by atoms with Crippen LogP contribution >= 0.6 is 0 Å². The Bertz CT molecular complexity index is 1400. The molecular weight excluding hydrogens is 510 g/mol. The second-order valence-corrected chi connectivity index (χ2v) is 10.5. The van der Waals surface area contributed by atoms with Crippen molar-refractivity contribution in [2.45, 2.75) is 50.5 Å². The molecule has 1 unspecified atom stereocenters. The fourth-order valence-corrected chi connectivity index (χ4v) is 5.34. The van der Waals surface area contributed by atoms with Gasteiger partial charge in [0.2, 0.25) is 0 Å². The first-order chi connectivity index (χ1) is 19.5. The van der Waals surface area contributed by atoms with E-state index in [-0.39, 0.29) is 30.8 Å². The zero-order valence-electron chi connectivity index (χ0n) is 22.2. The van der Waals surface area contributed by atoms with E-state index in [0.29, 0.717) is 43.4 Å². The van der Waals surface area contributed by atoms with Gasteiger partial charge in [0, 0.05) is 12.6 Å². The van der Waals surface area contributed by atoms with E-state index >= 15 is 0 Å². The number of carbonyl (C=O) groups excluding carboxylic acids is 2. The number of hydrogen-bond donors (Lipinski definition) is 3. The molecule has 0 bridgehead atoms. The lowest BCUT2D eigenvalue weighted by atomic mass is 10.0. The Kier molecular flexibility index (Phi) is 7.52. The lowest BCUT2D eigenvalue weighted by Gasteiger charge is -2.19. The van der Waals surface area contributed by atoms with Crippen LogP contribution in [0.1, 0.15) is 31.2 Å². The summed E-state index contributed by atoms with van der Waals surface area (Å²) in [6.45, 7) is 1.73. The van der Waals surface area contributed by atoms with Crippen LogP contribution in [0, 0.1) is 0 Å². The van der Waals surface area contributed by atoms with Gasteiger partial charge in [-0.05, 0) is 79.3 Å². The number of nitrogens with zero attached hydrogens (tertiary/aromatic N) is 2. The smallest absolute Gasteiger partial charge is 0.415 e. The molecule has 208 valence electrons. The van der Waals surface area contributed by atoms with E-state index in [1.165, 1.54) is 4.90 Å². The largest absolute Gasteiger partial charge is 0.490 e. The van der Waals surface area contributed by atoms with Crippen LogP contribution in [0.2, 0.25) is 0 Å². The summed E-state index contributed by atoms with van der Waals surface area (Å²) in [6, 6.07) is 20.3. The normalized spacial score (nSPS) is 21.9. The first kappa shape index (κ1) is 26.1. The number of rotatable bonds is 9. The molecule has 3 aromatic rings. The second kappa shape index (κ2) is 11.5. The van der Waals surface area contributed by atoms with Crippen LogP contribution in [0.5, 0.6) is 11.5 Å². The van der Waals surface area contributed by atoms with Crippen molar-refractivity contribution >= 4 is 23.6 Å². The monoisotopic (exact) mass is 543 g/mol. The molecule has 0 spiro atoms. The van der Waals surface area contributed by atoms with Gasteiger partial charge in [0.15, 0.2) is 18.2 Å². The first-order valence-electron chi connectivity index (χ1n) is 13.7. The van der Waals surface area contributed by atoms with Crippen LogP contribution in [0.25, 0.3) is 11.1 Å². The molecule has 1 saturated heterocycles. The van der Waals surface area contributed by atoms with Crippen molar-refractivity contribution in [3.8, 4) is 22.6 Å². The van der Waals surface area contributed by atoms with E-state index in [4.69, 9.17) is 19.9 Å². The van der Waals surface area contributed by atoms with Gasteiger partial charge >= 0.3 is 6.09 Å². The minimum atomic E-state index is -0.449. The van der Waals surface area contributed by atoms with Gasteiger partial charge in [-0.3, -0.25) is 9.69 Å². The van der Waals surface area contributed by atoms with Crippen molar-refractivity contribution in [1.29, 1.82) is 0 Å². The van der Waals surface area contributed by atoms with Crippen LogP contribution in [-0.4, -0.2) is 54.9 Å². The number of nitrogens with one attached hydrogen (secondary N) is 2. The molecule has 40 heavy (non-hydrogen) atoms. The summed E-state index contributed by atoms with van der Waals surface area (Å²) in [5, 5.41) is 6.13. The first-order valence-corrected chi connectivity index (χ1v) is 13.7. The molecule has 3 atom stereocenters. The highest BCUT2D eigenvalue weighted by atomic mass is 16.6. The summed E-state index contributed by atoms with van der Waals surface area (Å²) in [5.74, 6) is 1.82. The molecule has 3 heterocycles. The van der Waals surface area contributed by atoms with Crippen LogP contribution in [-0.2, 0) is 16.1 Å². The number of benzene rings is 2. The molecule has 2 fully saturated rings. The Labute approximate surface area is 232 Å². The van der Waals surface area contributed by atoms with Crippen molar-refractivity contribution in [2.75, 3.05) is 29.9 Å². The maximum Gasteiger partial charge on any atom is 0.415 e. The van der Waals surface area contributed by atoms with Gasteiger partial charge in [0.05, 0.1) is 6.54 Å². The highest BCUT2D eigenvalue weighted by Crippen LogP contribution is 2.31. The Morgan fingerprint density at radius 2 is 1.93 bits per heavy atom. The number of pyridine rings is 1. The number of amides is 2. The molecule has 1 saturated carbocycles. The number of nitrogens with two attached hydrogens (primary N) is 1. The standard InChI is InChI=1S/C30H33N5O5/c31-22-7-8-24(15-22)39-23-6-2-5-21(14-23)20-4-1-3-19(13-20)16-32-12-11-25-17-35(30(37)40-25)27-10-9-26-29(33-27)34-28(36)18-38-26/h1-6,9-10,13-14,22,24-25,32H,7-8,11-12,15-18,31H2,(H,33,34,36)/t22-,24-,25?/m1/s1. The number of cyclic esters (lactones) is 1. The predicted octanol–water partition coefficient (Wildman–Crippen LogP) is 3.84. The third-order valence-electron chi connectivity index (χ3n) is 7.41. The second-order valence-electron chi connectivity index (χ2n) is 10.5. The number of anilines is 2. The molecule has 10 heteroatoms. The predicted molar refractivity (Wildman–Crippen MR) is 150 cm³/mol. The maximum atomic E-state index is 12.5. The number of aromatic nitrogens is 1. The number of hydrogen-bond acceptors (Lipinski definition) is 8. The molecule has 1 aliphatic carbocycles. The molecule has 1 aromatic heterocycles. The SMILES string of the molecule is N[C@@H]1CC[C@@H](Oc2cccc(-c3cccc(CNCCC4CN(c5ccc6c(n5)NC(=O)CO6)C(=O)O4)c3)c2)C1. The Morgan fingerprint density at radius 3 is 2.77 bits per heavy atom. The molecule has 2 aliphatic heterocycles. The molecule has 2 amide bonds.